The Morgan fingerprint density at radius 2 is 1.68 bits per heavy atom. The van der Waals surface area contributed by atoms with E-state index in [1.54, 1.807) is 54.7 Å². The molecule has 0 saturated heterocycles. The molecule has 4 aromatic rings. The smallest absolute Gasteiger partial charge is 0.243 e. The number of benzene rings is 3. The van der Waals surface area contributed by atoms with Gasteiger partial charge in [-0.2, -0.15) is 4.72 Å². The predicted molar refractivity (Wildman–Crippen MR) is 132 cm³/mol. The molecule has 0 bridgehead atoms. The van der Waals surface area contributed by atoms with E-state index in [0.29, 0.717) is 28.9 Å². The number of carbonyl (C=O) groups excluding carboxylic acids is 1. The molecule has 1 aromatic heterocycles. The van der Waals surface area contributed by atoms with Crippen molar-refractivity contribution in [2.45, 2.75) is 24.3 Å². The third-order valence-corrected chi connectivity index (χ3v) is 6.72. The fourth-order valence-electron chi connectivity index (χ4n) is 3.61. The van der Waals surface area contributed by atoms with Crippen molar-refractivity contribution in [3.05, 3.63) is 96.7 Å². The molecule has 2 N–H and O–H groups in total. The van der Waals surface area contributed by atoms with Gasteiger partial charge in [0.05, 0.1) is 12.1 Å². The highest BCUT2D eigenvalue weighted by molar-refractivity contribution is 7.89. The molecule has 174 valence electrons. The normalized spacial score (nSPS) is 12.3. The SMILES string of the molecule is CCOc1ccc(NC(=O)C(Cc2ccccc2)NS(=O)(=O)c2cccc3cccnc23)cc1. The second-order valence-corrected chi connectivity index (χ2v) is 9.32. The zero-order chi connectivity index (χ0) is 24.0. The number of rotatable bonds is 9. The van der Waals surface area contributed by atoms with Crippen LogP contribution in [0.2, 0.25) is 0 Å². The highest BCUT2D eigenvalue weighted by Crippen LogP contribution is 2.22. The van der Waals surface area contributed by atoms with E-state index in [0.717, 1.165) is 5.56 Å². The van der Waals surface area contributed by atoms with Gasteiger partial charge in [0.25, 0.3) is 0 Å². The van der Waals surface area contributed by atoms with Crippen LogP contribution in [0.25, 0.3) is 10.9 Å². The van der Waals surface area contributed by atoms with Gasteiger partial charge in [-0.05, 0) is 55.3 Å². The van der Waals surface area contributed by atoms with Gasteiger partial charge in [-0.15, -0.1) is 0 Å². The molecule has 0 aliphatic rings. The van der Waals surface area contributed by atoms with Gasteiger partial charge in [0.2, 0.25) is 15.9 Å². The number of amides is 1. The average Bonchev–Trinajstić information content (AvgIpc) is 2.85. The number of hydrogen-bond acceptors (Lipinski definition) is 5. The van der Waals surface area contributed by atoms with E-state index in [1.807, 2.05) is 37.3 Å². The van der Waals surface area contributed by atoms with Crippen LogP contribution in [-0.2, 0) is 21.2 Å². The maximum Gasteiger partial charge on any atom is 0.243 e. The van der Waals surface area contributed by atoms with Gasteiger partial charge >= 0.3 is 0 Å². The summed E-state index contributed by atoms with van der Waals surface area (Å²) in [5, 5.41) is 3.50. The minimum atomic E-state index is -4.05. The number of nitrogens with zero attached hydrogens (tertiary/aromatic N) is 1. The summed E-state index contributed by atoms with van der Waals surface area (Å²) in [6.07, 6.45) is 1.72. The largest absolute Gasteiger partial charge is 0.494 e. The van der Waals surface area contributed by atoms with Gasteiger partial charge < -0.3 is 10.1 Å². The number of carbonyl (C=O) groups is 1. The van der Waals surface area contributed by atoms with Crippen LogP contribution >= 0.6 is 0 Å². The van der Waals surface area contributed by atoms with Crippen LogP contribution in [0, 0.1) is 0 Å². The number of sulfonamides is 1. The van der Waals surface area contributed by atoms with Gasteiger partial charge in [-0.3, -0.25) is 9.78 Å². The number of anilines is 1. The first-order chi connectivity index (χ1) is 16.5. The summed E-state index contributed by atoms with van der Waals surface area (Å²) in [6.45, 7) is 2.43. The lowest BCUT2D eigenvalue weighted by Crippen LogP contribution is -2.45. The molecular weight excluding hydrogens is 450 g/mol. The fourth-order valence-corrected chi connectivity index (χ4v) is 4.99. The quantitative estimate of drug-likeness (QED) is 0.379. The minimum Gasteiger partial charge on any atom is -0.494 e. The first kappa shape index (κ1) is 23.4. The zero-order valence-electron chi connectivity index (χ0n) is 18.6. The molecule has 3 aromatic carbocycles. The Labute approximate surface area is 198 Å². The van der Waals surface area contributed by atoms with E-state index in [1.165, 1.54) is 6.07 Å². The van der Waals surface area contributed by atoms with Crippen LogP contribution in [0.1, 0.15) is 12.5 Å². The number of pyridine rings is 1. The highest BCUT2D eigenvalue weighted by atomic mass is 32.2. The summed E-state index contributed by atoms with van der Waals surface area (Å²) >= 11 is 0. The molecule has 1 unspecified atom stereocenters. The molecule has 0 radical (unpaired) electrons. The first-order valence-corrected chi connectivity index (χ1v) is 12.4. The van der Waals surface area contributed by atoms with Gasteiger partial charge in [0.1, 0.15) is 16.7 Å². The van der Waals surface area contributed by atoms with Crippen molar-refractivity contribution in [2.75, 3.05) is 11.9 Å². The van der Waals surface area contributed by atoms with Crippen molar-refractivity contribution in [2.24, 2.45) is 0 Å². The van der Waals surface area contributed by atoms with Crippen LogP contribution in [0.3, 0.4) is 0 Å². The average molecular weight is 476 g/mol. The summed E-state index contributed by atoms with van der Waals surface area (Å²) < 4.78 is 34.8. The maximum atomic E-state index is 13.4. The van der Waals surface area contributed by atoms with Crippen LogP contribution in [-0.4, -0.2) is 32.0 Å². The molecule has 1 atom stereocenters. The predicted octanol–water partition coefficient (Wildman–Crippen LogP) is 4.16. The van der Waals surface area contributed by atoms with E-state index in [2.05, 4.69) is 15.0 Å². The van der Waals surface area contributed by atoms with Crippen LogP contribution in [0.15, 0.2) is 96.0 Å². The lowest BCUT2D eigenvalue weighted by atomic mass is 10.1. The molecule has 0 aliphatic heterocycles. The van der Waals surface area contributed by atoms with Crippen molar-refractivity contribution in [3.8, 4) is 5.75 Å². The summed E-state index contributed by atoms with van der Waals surface area (Å²) in [6, 6.07) is 23.6. The van der Waals surface area contributed by atoms with E-state index in [-0.39, 0.29) is 11.3 Å². The number of fused-ring (bicyclic) bond motifs is 1. The fraction of sp³-hybridized carbons (Fsp3) is 0.154. The second-order valence-electron chi connectivity index (χ2n) is 7.64. The molecule has 1 amide bonds. The Bertz CT molecular complexity index is 1370. The number of para-hydroxylation sites is 1. The summed E-state index contributed by atoms with van der Waals surface area (Å²) in [5.41, 5.74) is 1.72. The molecule has 0 fully saturated rings. The van der Waals surface area contributed by atoms with Crippen molar-refractivity contribution in [3.63, 3.8) is 0 Å². The Morgan fingerprint density at radius 1 is 0.941 bits per heavy atom. The minimum absolute atomic E-state index is 0.0255. The molecule has 1 heterocycles. The highest BCUT2D eigenvalue weighted by Gasteiger charge is 2.27. The summed E-state index contributed by atoms with van der Waals surface area (Å²) in [5.74, 6) is 0.218. The number of ether oxygens (including phenoxy) is 1. The summed E-state index contributed by atoms with van der Waals surface area (Å²) in [7, 11) is -4.05. The van der Waals surface area contributed by atoms with Crippen molar-refractivity contribution < 1.29 is 17.9 Å². The van der Waals surface area contributed by atoms with E-state index in [9.17, 15) is 13.2 Å². The third kappa shape index (κ3) is 5.59. The number of aromatic nitrogens is 1. The Morgan fingerprint density at radius 3 is 2.41 bits per heavy atom. The Hall–Kier alpha value is -3.75. The van der Waals surface area contributed by atoms with Gasteiger partial charge in [0, 0.05) is 17.3 Å². The molecule has 7 nitrogen and oxygen atoms in total. The monoisotopic (exact) mass is 475 g/mol. The lowest BCUT2D eigenvalue weighted by Gasteiger charge is -2.19. The van der Waals surface area contributed by atoms with Gasteiger partial charge in [0.15, 0.2) is 0 Å². The molecular formula is C26H25N3O4S. The molecule has 0 aliphatic carbocycles. The van der Waals surface area contributed by atoms with Gasteiger partial charge in [-0.25, -0.2) is 8.42 Å². The topological polar surface area (TPSA) is 97.4 Å². The standard InChI is InChI=1S/C26H25N3O4S/c1-2-33-22-15-13-21(14-16-22)28-26(30)23(18-19-8-4-3-5-9-19)29-34(31,32)24-12-6-10-20-11-7-17-27-25(20)24/h3-17,23,29H,2,18H2,1H3,(H,28,30). The van der Waals surface area contributed by atoms with Crippen molar-refractivity contribution >= 4 is 32.5 Å². The second kappa shape index (κ2) is 10.5. The maximum absolute atomic E-state index is 13.4. The molecule has 4 rings (SSSR count). The van der Waals surface area contributed by atoms with Crippen LogP contribution in [0.5, 0.6) is 5.75 Å². The number of hydrogen-bond donors (Lipinski definition) is 2. The van der Waals surface area contributed by atoms with Crippen molar-refractivity contribution in [1.82, 2.24) is 9.71 Å². The van der Waals surface area contributed by atoms with E-state index >= 15 is 0 Å². The molecule has 8 heteroatoms. The van der Waals surface area contributed by atoms with Gasteiger partial charge in [-0.1, -0.05) is 48.5 Å². The molecule has 0 saturated carbocycles. The zero-order valence-corrected chi connectivity index (χ0v) is 19.5. The van der Waals surface area contributed by atoms with Crippen molar-refractivity contribution in [1.29, 1.82) is 0 Å². The molecule has 34 heavy (non-hydrogen) atoms. The van der Waals surface area contributed by atoms with E-state index in [4.69, 9.17) is 4.74 Å². The lowest BCUT2D eigenvalue weighted by molar-refractivity contribution is -0.117. The van der Waals surface area contributed by atoms with Crippen LogP contribution < -0.4 is 14.8 Å². The third-order valence-electron chi connectivity index (χ3n) is 5.21. The Balaban J connectivity index is 1.62. The summed E-state index contributed by atoms with van der Waals surface area (Å²) in [4.78, 5) is 17.5. The van der Waals surface area contributed by atoms with Crippen LogP contribution in [0.4, 0.5) is 5.69 Å². The van der Waals surface area contributed by atoms with E-state index < -0.39 is 22.0 Å². The first-order valence-electron chi connectivity index (χ1n) is 10.9. The number of nitrogens with one attached hydrogen (secondary N) is 2. The molecule has 0 spiro atoms. The Kier molecular flexibility index (Phi) is 7.20.